The van der Waals surface area contributed by atoms with E-state index in [4.69, 9.17) is 4.52 Å². The van der Waals surface area contributed by atoms with Crippen molar-refractivity contribution in [3.8, 4) is 16.9 Å². The number of fused-ring (bicyclic) bond motifs is 1. The Morgan fingerprint density at radius 2 is 1.70 bits per heavy atom. The average Bonchev–Trinajstić information content (AvgIpc) is 3.14. The molecule has 0 spiro atoms. The maximum atomic E-state index is 5.13. The normalized spacial score (nSPS) is 11.0. The number of hydrogen-bond donors (Lipinski definition) is 0. The third kappa shape index (κ3) is 1.60. The van der Waals surface area contributed by atoms with Crippen molar-refractivity contribution in [2.24, 2.45) is 0 Å². The summed E-state index contributed by atoms with van der Waals surface area (Å²) in [6.45, 7) is 0. The van der Waals surface area contributed by atoms with Gasteiger partial charge in [-0.2, -0.15) is 4.68 Å². The van der Waals surface area contributed by atoms with Gasteiger partial charge in [0, 0.05) is 0 Å². The zero-order valence-electron chi connectivity index (χ0n) is 10.5. The second-order valence-corrected chi connectivity index (χ2v) is 4.41. The SMILES string of the molecule is c1ccc(-c2conc2-n2nnc3ccccc32)cc1. The Kier molecular flexibility index (Phi) is 2.35. The molecule has 2 aromatic heterocycles. The molecule has 0 N–H and O–H groups in total. The second-order valence-electron chi connectivity index (χ2n) is 4.41. The van der Waals surface area contributed by atoms with Gasteiger partial charge in [0.2, 0.25) is 5.82 Å². The van der Waals surface area contributed by atoms with Crippen molar-refractivity contribution in [3.05, 3.63) is 60.9 Å². The first-order valence-electron chi connectivity index (χ1n) is 6.24. The molecule has 96 valence electrons. The molecule has 0 saturated carbocycles. The molecule has 0 fully saturated rings. The van der Waals surface area contributed by atoms with Gasteiger partial charge in [0.1, 0.15) is 11.8 Å². The standard InChI is InChI=1S/C15H10N4O/c1-2-6-11(7-3-1)12-10-20-17-15(12)19-14-9-5-4-8-13(14)16-18-19/h1-10H. The fourth-order valence-electron chi connectivity index (χ4n) is 2.22. The summed E-state index contributed by atoms with van der Waals surface area (Å²) in [5, 5.41) is 12.4. The van der Waals surface area contributed by atoms with E-state index in [0.29, 0.717) is 5.82 Å². The Morgan fingerprint density at radius 1 is 0.900 bits per heavy atom. The summed E-state index contributed by atoms with van der Waals surface area (Å²) >= 11 is 0. The minimum Gasteiger partial charge on any atom is -0.362 e. The molecule has 0 unspecified atom stereocenters. The predicted molar refractivity (Wildman–Crippen MR) is 74.4 cm³/mol. The van der Waals surface area contributed by atoms with E-state index in [-0.39, 0.29) is 0 Å². The van der Waals surface area contributed by atoms with E-state index < -0.39 is 0 Å². The molecule has 4 rings (SSSR count). The Morgan fingerprint density at radius 3 is 2.60 bits per heavy atom. The third-order valence-corrected chi connectivity index (χ3v) is 3.19. The number of rotatable bonds is 2. The van der Waals surface area contributed by atoms with Gasteiger partial charge in [-0.1, -0.05) is 52.8 Å². The van der Waals surface area contributed by atoms with Crippen LogP contribution in [0.2, 0.25) is 0 Å². The van der Waals surface area contributed by atoms with Gasteiger partial charge in [0.15, 0.2) is 0 Å². The van der Waals surface area contributed by atoms with Crippen LogP contribution >= 0.6 is 0 Å². The van der Waals surface area contributed by atoms with E-state index in [1.54, 1.807) is 10.9 Å². The van der Waals surface area contributed by atoms with Crippen LogP contribution in [0.5, 0.6) is 0 Å². The molecule has 0 amide bonds. The van der Waals surface area contributed by atoms with Crippen LogP contribution in [0.3, 0.4) is 0 Å². The Hall–Kier alpha value is -2.95. The van der Waals surface area contributed by atoms with Crippen LogP contribution in [0.4, 0.5) is 0 Å². The smallest absolute Gasteiger partial charge is 0.206 e. The summed E-state index contributed by atoms with van der Waals surface area (Å²) in [5.74, 6) is 0.643. The molecule has 0 aliphatic heterocycles. The van der Waals surface area contributed by atoms with Crippen LogP contribution in [0.25, 0.3) is 28.0 Å². The minimum absolute atomic E-state index is 0.643. The van der Waals surface area contributed by atoms with Crippen LogP contribution in [-0.4, -0.2) is 20.2 Å². The second kappa shape index (κ2) is 4.31. The molecule has 0 atom stereocenters. The number of hydrogen-bond acceptors (Lipinski definition) is 4. The molecule has 0 radical (unpaired) electrons. The summed E-state index contributed by atoms with van der Waals surface area (Å²) < 4.78 is 6.83. The Labute approximate surface area is 114 Å². The van der Waals surface area contributed by atoms with Crippen molar-refractivity contribution in [1.29, 1.82) is 0 Å². The van der Waals surface area contributed by atoms with Gasteiger partial charge >= 0.3 is 0 Å². The largest absolute Gasteiger partial charge is 0.362 e. The quantitative estimate of drug-likeness (QED) is 0.557. The van der Waals surface area contributed by atoms with Gasteiger partial charge < -0.3 is 4.52 Å². The van der Waals surface area contributed by atoms with Crippen molar-refractivity contribution in [3.63, 3.8) is 0 Å². The molecule has 2 aromatic carbocycles. The predicted octanol–water partition coefficient (Wildman–Crippen LogP) is 3.08. The van der Waals surface area contributed by atoms with Crippen LogP contribution < -0.4 is 0 Å². The summed E-state index contributed by atoms with van der Waals surface area (Å²) in [6, 6.07) is 17.7. The zero-order chi connectivity index (χ0) is 13.4. The molecule has 0 aliphatic rings. The van der Waals surface area contributed by atoms with Crippen LogP contribution in [0.15, 0.2) is 65.4 Å². The van der Waals surface area contributed by atoms with Crippen molar-refractivity contribution >= 4 is 11.0 Å². The monoisotopic (exact) mass is 262 g/mol. The fraction of sp³-hybridized carbons (Fsp3) is 0. The van der Waals surface area contributed by atoms with Gasteiger partial charge in [-0.25, -0.2) is 0 Å². The van der Waals surface area contributed by atoms with E-state index in [2.05, 4.69) is 15.5 Å². The molecule has 20 heavy (non-hydrogen) atoms. The molecule has 0 bridgehead atoms. The van der Waals surface area contributed by atoms with Gasteiger partial charge in [-0.15, -0.1) is 5.10 Å². The molecule has 2 heterocycles. The average molecular weight is 262 g/mol. The summed E-state index contributed by atoms with van der Waals surface area (Å²) in [5.41, 5.74) is 3.65. The molecule has 4 aromatic rings. The van der Waals surface area contributed by atoms with Crippen molar-refractivity contribution < 1.29 is 4.52 Å². The van der Waals surface area contributed by atoms with Crippen molar-refractivity contribution in [2.45, 2.75) is 0 Å². The lowest BCUT2D eigenvalue weighted by molar-refractivity contribution is 0.415. The van der Waals surface area contributed by atoms with Gasteiger partial charge in [-0.3, -0.25) is 0 Å². The topological polar surface area (TPSA) is 56.7 Å². The summed E-state index contributed by atoms with van der Waals surface area (Å²) in [7, 11) is 0. The molecular weight excluding hydrogens is 252 g/mol. The van der Waals surface area contributed by atoms with Crippen molar-refractivity contribution in [2.75, 3.05) is 0 Å². The number of aromatic nitrogens is 4. The van der Waals surface area contributed by atoms with Crippen molar-refractivity contribution in [1.82, 2.24) is 20.2 Å². The Balaban J connectivity index is 1.94. The van der Waals surface area contributed by atoms with Gasteiger partial charge in [0.25, 0.3) is 0 Å². The highest BCUT2D eigenvalue weighted by molar-refractivity contribution is 5.78. The Bertz CT molecular complexity index is 864. The molecule has 5 heteroatoms. The van der Waals surface area contributed by atoms with Crippen LogP contribution in [-0.2, 0) is 0 Å². The lowest BCUT2D eigenvalue weighted by Gasteiger charge is -2.01. The highest BCUT2D eigenvalue weighted by atomic mass is 16.5. The van der Waals surface area contributed by atoms with Crippen LogP contribution in [0.1, 0.15) is 0 Å². The number of nitrogens with zero attached hydrogens (tertiary/aromatic N) is 4. The third-order valence-electron chi connectivity index (χ3n) is 3.19. The van der Waals surface area contributed by atoms with E-state index in [1.165, 1.54) is 0 Å². The summed E-state index contributed by atoms with van der Waals surface area (Å²) in [6.07, 6.45) is 1.63. The lowest BCUT2D eigenvalue weighted by Crippen LogP contribution is -1.98. The van der Waals surface area contributed by atoms with Crippen LogP contribution in [0, 0.1) is 0 Å². The van der Waals surface area contributed by atoms with E-state index in [9.17, 15) is 0 Å². The number of para-hydroxylation sites is 1. The summed E-state index contributed by atoms with van der Waals surface area (Å²) in [4.78, 5) is 0. The zero-order valence-corrected chi connectivity index (χ0v) is 10.5. The maximum absolute atomic E-state index is 5.13. The molecule has 5 nitrogen and oxygen atoms in total. The minimum atomic E-state index is 0.643. The van der Waals surface area contributed by atoms with E-state index in [0.717, 1.165) is 22.2 Å². The van der Waals surface area contributed by atoms with E-state index >= 15 is 0 Å². The molecular formula is C15H10N4O. The molecule has 0 aliphatic carbocycles. The van der Waals surface area contributed by atoms with Gasteiger partial charge in [-0.05, 0) is 17.7 Å². The van der Waals surface area contributed by atoms with E-state index in [1.807, 2.05) is 54.6 Å². The first kappa shape index (κ1) is 10.9. The fourth-order valence-corrected chi connectivity index (χ4v) is 2.22. The lowest BCUT2D eigenvalue weighted by atomic mass is 10.1. The first-order chi connectivity index (χ1) is 9.93. The highest BCUT2D eigenvalue weighted by Crippen LogP contribution is 2.27. The maximum Gasteiger partial charge on any atom is 0.206 e. The molecule has 0 saturated heterocycles. The number of benzene rings is 2. The van der Waals surface area contributed by atoms with Gasteiger partial charge in [0.05, 0.1) is 11.1 Å². The highest BCUT2D eigenvalue weighted by Gasteiger charge is 2.15. The first-order valence-corrected chi connectivity index (χ1v) is 6.24.